The van der Waals surface area contributed by atoms with Gasteiger partial charge in [0.15, 0.2) is 20.9 Å². The summed E-state index contributed by atoms with van der Waals surface area (Å²) in [5.41, 5.74) is 1.58. The number of thiazole rings is 1. The lowest BCUT2D eigenvalue weighted by atomic mass is 10.1. The average molecular weight is 487 g/mol. The quantitative estimate of drug-likeness (QED) is 0.511. The number of hydrogen-bond donors (Lipinski definition) is 2. The standard InChI is InChI=1S/C18H19FN4O5S3/c1-10-15(19)12(5-6-21-10)11-3-4-13-14(9-11)29-18(23-13)16(30(2,25)26)17(24)22-7-8-31(20,27)28/h3-6,9,16H,7-8H2,1-2H3,(H,22,24)(H2,20,27,28). The molecule has 2 heterocycles. The van der Waals surface area contributed by atoms with Crippen molar-refractivity contribution in [2.45, 2.75) is 12.2 Å². The number of amides is 1. The lowest BCUT2D eigenvalue weighted by Gasteiger charge is -2.12. The summed E-state index contributed by atoms with van der Waals surface area (Å²) >= 11 is 0.986. The number of carbonyl (C=O) groups is 1. The summed E-state index contributed by atoms with van der Waals surface area (Å²) in [5.74, 6) is -1.90. The molecule has 1 amide bonds. The zero-order valence-electron chi connectivity index (χ0n) is 16.5. The van der Waals surface area contributed by atoms with Gasteiger partial charge in [0.2, 0.25) is 15.9 Å². The third kappa shape index (κ3) is 5.42. The van der Waals surface area contributed by atoms with Crippen molar-refractivity contribution in [1.82, 2.24) is 15.3 Å². The number of fused-ring (bicyclic) bond motifs is 1. The molecular weight excluding hydrogens is 467 g/mol. The van der Waals surface area contributed by atoms with E-state index in [1.54, 1.807) is 25.1 Å². The number of aryl methyl sites for hydroxylation is 1. The Morgan fingerprint density at radius 3 is 2.61 bits per heavy atom. The van der Waals surface area contributed by atoms with Crippen LogP contribution in [0, 0.1) is 12.7 Å². The van der Waals surface area contributed by atoms with Crippen LogP contribution in [0.4, 0.5) is 4.39 Å². The summed E-state index contributed by atoms with van der Waals surface area (Å²) in [7, 11) is -7.73. The van der Waals surface area contributed by atoms with Crippen LogP contribution in [0.3, 0.4) is 0 Å². The fraction of sp³-hybridized carbons (Fsp3) is 0.278. The molecule has 0 saturated heterocycles. The molecule has 1 unspecified atom stereocenters. The maximum Gasteiger partial charge on any atom is 0.245 e. The maximum absolute atomic E-state index is 14.4. The first-order valence-corrected chi connectivity index (χ1v) is 13.3. The molecule has 2 aromatic heterocycles. The Morgan fingerprint density at radius 1 is 1.26 bits per heavy atom. The summed E-state index contributed by atoms with van der Waals surface area (Å²) < 4.78 is 61.6. The van der Waals surface area contributed by atoms with Crippen molar-refractivity contribution in [2.24, 2.45) is 5.14 Å². The highest BCUT2D eigenvalue weighted by molar-refractivity contribution is 7.91. The number of benzene rings is 1. The molecule has 0 aliphatic carbocycles. The number of carbonyl (C=O) groups excluding carboxylic acids is 1. The molecule has 31 heavy (non-hydrogen) atoms. The number of sulfonamides is 1. The second-order valence-electron chi connectivity index (χ2n) is 6.86. The third-order valence-corrected chi connectivity index (χ3v) is 7.65. The molecule has 9 nitrogen and oxygen atoms in total. The molecule has 13 heteroatoms. The van der Waals surface area contributed by atoms with Gasteiger partial charge in [0.1, 0.15) is 5.01 Å². The van der Waals surface area contributed by atoms with Crippen molar-refractivity contribution in [1.29, 1.82) is 0 Å². The summed E-state index contributed by atoms with van der Waals surface area (Å²) in [6.45, 7) is 1.22. The van der Waals surface area contributed by atoms with Crippen molar-refractivity contribution in [3.05, 3.63) is 47.0 Å². The molecule has 0 saturated carbocycles. The summed E-state index contributed by atoms with van der Waals surface area (Å²) in [6, 6.07) is 6.44. The Labute approximate surface area is 182 Å². The summed E-state index contributed by atoms with van der Waals surface area (Å²) in [4.78, 5) is 20.7. The molecule has 0 spiro atoms. The number of aromatic nitrogens is 2. The van der Waals surface area contributed by atoms with E-state index in [1.165, 1.54) is 12.3 Å². The minimum Gasteiger partial charge on any atom is -0.354 e. The first-order chi connectivity index (χ1) is 14.4. The van der Waals surface area contributed by atoms with Crippen molar-refractivity contribution >= 4 is 47.3 Å². The molecule has 0 fully saturated rings. The van der Waals surface area contributed by atoms with Gasteiger partial charge in [0.25, 0.3) is 0 Å². The SMILES string of the molecule is Cc1nccc(-c2ccc3nc(C(C(=O)NCCS(N)(=O)=O)S(C)(=O)=O)sc3c2)c1F. The number of nitrogens with two attached hydrogens (primary N) is 1. The van der Waals surface area contributed by atoms with Crippen LogP contribution in [-0.4, -0.2) is 51.3 Å². The largest absolute Gasteiger partial charge is 0.354 e. The predicted octanol–water partition coefficient (Wildman–Crippen LogP) is 1.30. The highest BCUT2D eigenvalue weighted by Gasteiger charge is 2.34. The maximum atomic E-state index is 14.4. The molecule has 0 aliphatic heterocycles. The zero-order valence-corrected chi connectivity index (χ0v) is 18.9. The predicted molar refractivity (Wildman–Crippen MR) is 116 cm³/mol. The van der Waals surface area contributed by atoms with E-state index in [2.05, 4.69) is 15.3 Å². The molecular formula is C18H19FN4O5S3. The third-order valence-electron chi connectivity index (χ3n) is 4.36. The average Bonchev–Trinajstić information content (AvgIpc) is 3.04. The Hall–Kier alpha value is -2.48. The van der Waals surface area contributed by atoms with Gasteiger partial charge in [-0.1, -0.05) is 6.07 Å². The highest BCUT2D eigenvalue weighted by atomic mass is 32.2. The van der Waals surface area contributed by atoms with Crippen LogP contribution in [0.2, 0.25) is 0 Å². The first-order valence-electron chi connectivity index (χ1n) is 8.86. The second-order valence-corrected chi connectivity index (χ2v) is 11.8. The minimum absolute atomic E-state index is 0.0223. The molecule has 166 valence electrons. The normalized spacial score (nSPS) is 13.3. The van der Waals surface area contributed by atoms with Crippen LogP contribution in [0.25, 0.3) is 21.3 Å². The number of rotatable bonds is 7. The number of primary sulfonamides is 1. The van der Waals surface area contributed by atoms with Gasteiger partial charge in [0.05, 0.1) is 21.7 Å². The molecule has 0 aliphatic rings. The van der Waals surface area contributed by atoms with Gasteiger partial charge in [-0.25, -0.2) is 31.3 Å². The van der Waals surface area contributed by atoms with Crippen LogP contribution in [0.5, 0.6) is 0 Å². The lowest BCUT2D eigenvalue weighted by molar-refractivity contribution is -0.120. The van der Waals surface area contributed by atoms with E-state index in [0.29, 0.717) is 21.3 Å². The van der Waals surface area contributed by atoms with Crippen molar-refractivity contribution < 1.29 is 26.0 Å². The number of pyridine rings is 1. The van der Waals surface area contributed by atoms with Crippen LogP contribution in [0.15, 0.2) is 30.5 Å². The summed E-state index contributed by atoms with van der Waals surface area (Å²) in [6.07, 6.45) is 2.38. The van der Waals surface area contributed by atoms with Crippen LogP contribution < -0.4 is 10.5 Å². The number of nitrogens with one attached hydrogen (secondary N) is 1. The van der Waals surface area contributed by atoms with Gasteiger partial charge in [-0.05, 0) is 30.7 Å². The fourth-order valence-electron chi connectivity index (χ4n) is 2.89. The van der Waals surface area contributed by atoms with Crippen molar-refractivity contribution in [3.8, 4) is 11.1 Å². The van der Waals surface area contributed by atoms with Gasteiger partial charge in [-0.15, -0.1) is 11.3 Å². The van der Waals surface area contributed by atoms with E-state index in [-0.39, 0.29) is 17.2 Å². The van der Waals surface area contributed by atoms with E-state index in [0.717, 1.165) is 17.6 Å². The van der Waals surface area contributed by atoms with Crippen LogP contribution >= 0.6 is 11.3 Å². The molecule has 0 radical (unpaired) electrons. The van der Waals surface area contributed by atoms with Gasteiger partial charge in [-0.3, -0.25) is 9.78 Å². The van der Waals surface area contributed by atoms with E-state index < -0.39 is 42.6 Å². The number of hydrogen-bond acceptors (Lipinski definition) is 8. The van der Waals surface area contributed by atoms with Gasteiger partial charge in [-0.2, -0.15) is 0 Å². The Balaban J connectivity index is 1.97. The lowest BCUT2D eigenvalue weighted by Crippen LogP contribution is -2.37. The van der Waals surface area contributed by atoms with Gasteiger partial charge >= 0.3 is 0 Å². The Kier molecular flexibility index (Phi) is 6.41. The molecule has 1 aromatic carbocycles. The van der Waals surface area contributed by atoms with Crippen molar-refractivity contribution in [2.75, 3.05) is 18.6 Å². The molecule has 0 bridgehead atoms. The molecule has 1 atom stereocenters. The molecule has 3 N–H and O–H groups in total. The highest BCUT2D eigenvalue weighted by Crippen LogP contribution is 2.34. The Morgan fingerprint density at radius 2 is 1.97 bits per heavy atom. The number of halogens is 1. The Bertz CT molecular complexity index is 1370. The summed E-state index contributed by atoms with van der Waals surface area (Å²) in [5, 5.41) is 5.57. The first kappa shape index (κ1) is 23.2. The monoisotopic (exact) mass is 486 g/mol. The second kappa shape index (κ2) is 8.57. The fourth-order valence-corrected chi connectivity index (χ4v) is 5.83. The molecule has 3 rings (SSSR count). The van der Waals surface area contributed by atoms with Crippen LogP contribution in [0.1, 0.15) is 16.0 Å². The molecule has 3 aromatic rings. The van der Waals surface area contributed by atoms with Gasteiger partial charge < -0.3 is 5.32 Å². The van der Waals surface area contributed by atoms with E-state index >= 15 is 0 Å². The van der Waals surface area contributed by atoms with Crippen LogP contribution in [-0.2, 0) is 24.7 Å². The van der Waals surface area contributed by atoms with E-state index in [9.17, 15) is 26.0 Å². The minimum atomic E-state index is -3.92. The van der Waals surface area contributed by atoms with Crippen molar-refractivity contribution in [3.63, 3.8) is 0 Å². The zero-order chi connectivity index (χ0) is 23.0. The van der Waals surface area contributed by atoms with Gasteiger partial charge in [0, 0.05) is 24.6 Å². The number of sulfone groups is 1. The number of nitrogens with zero attached hydrogens (tertiary/aromatic N) is 2. The smallest absolute Gasteiger partial charge is 0.245 e. The van der Waals surface area contributed by atoms with E-state index in [1.807, 2.05) is 0 Å². The topological polar surface area (TPSA) is 149 Å². The van der Waals surface area contributed by atoms with E-state index in [4.69, 9.17) is 5.14 Å².